The maximum absolute atomic E-state index is 6.72. The Hall–Kier alpha value is -0.540. The predicted octanol–water partition coefficient (Wildman–Crippen LogP) is 3.22. The molecule has 0 amide bonds. The minimum Gasteiger partial charge on any atom is -0.324 e. The number of rotatable bonds is 2. The number of halogens is 1. The van der Waals surface area contributed by atoms with Crippen molar-refractivity contribution in [3.63, 3.8) is 0 Å². The topological polar surface area (TPSA) is 43.8 Å². The fraction of sp³-hybridized carbons (Fsp3) is 0.786. The van der Waals surface area contributed by atoms with Crippen LogP contribution in [-0.4, -0.2) is 15.3 Å². The van der Waals surface area contributed by atoms with E-state index in [1.165, 1.54) is 19.3 Å². The molecule has 1 aliphatic rings. The molecule has 1 atom stereocenters. The Labute approximate surface area is 115 Å². The summed E-state index contributed by atoms with van der Waals surface area (Å²) in [5.41, 5.74) is 8.85. The van der Waals surface area contributed by atoms with E-state index in [9.17, 15) is 0 Å². The third-order valence-electron chi connectivity index (χ3n) is 4.78. The number of hydrogen-bond acceptors (Lipinski definition) is 2. The van der Waals surface area contributed by atoms with E-state index in [-0.39, 0.29) is 11.0 Å². The first kappa shape index (κ1) is 13.9. The molecule has 1 aromatic heterocycles. The van der Waals surface area contributed by atoms with Crippen LogP contribution in [0, 0.1) is 12.3 Å². The van der Waals surface area contributed by atoms with Crippen LogP contribution >= 0.6 is 11.6 Å². The SMILES string of the molecule is Cc1nn(C)c(Cl)c1CC1(N)CCCCC1(C)C. The summed E-state index contributed by atoms with van der Waals surface area (Å²) in [5, 5.41) is 5.12. The lowest BCUT2D eigenvalue weighted by atomic mass is 9.61. The molecule has 0 aromatic carbocycles. The second-order valence-corrected chi connectivity index (χ2v) is 6.76. The Balaban J connectivity index is 2.32. The smallest absolute Gasteiger partial charge is 0.130 e. The average Bonchev–Trinajstić information content (AvgIpc) is 2.50. The van der Waals surface area contributed by atoms with E-state index < -0.39 is 0 Å². The van der Waals surface area contributed by atoms with Gasteiger partial charge in [0, 0.05) is 18.2 Å². The number of hydrogen-bond donors (Lipinski definition) is 1. The molecular formula is C14H24ClN3. The predicted molar refractivity (Wildman–Crippen MR) is 75.8 cm³/mol. The molecule has 0 radical (unpaired) electrons. The molecule has 0 spiro atoms. The number of nitrogens with two attached hydrogens (primary N) is 1. The highest BCUT2D eigenvalue weighted by Crippen LogP contribution is 2.44. The molecule has 4 heteroatoms. The Bertz CT molecular complexity index is 450. The van der Waals surface area contributed by atoms with Crippen molar-refractivity contribution in [3.8, 4) is 0 Å². The molecule has 0 bridgehead atoms. The zero-order chi connectivity index (χ0) is 13.6. The standard InChI is InChI=1S/C14H24ClN3/c1-10-11(12(15)18(4)17-10)9-14(16)8-6-5-7-13(14,2)3/h5-9,16H2,1-4H3. The van der Waals surface area contributed by atoms with Crippen LogP contribution < -0.4 is 5.73 Å². The van der Waals surface area contributed by atoms with Gasteiger partial charge in [-0.3, -0.25) is 4.68 Å². The monoisotopic (exact) mass is 269 g/mol. The summed E-state index contributed by atoms with van der Waals surface area (Å²) in [7, 11) is 1.88. The largest absolute Gasteiger partial charge is 0.324 e. The molecule has 102 valence electrons. The van der Waals surface area contributed by atoms with Gasteiger partial charge in [-0.1, -0.05) is 38.3 Å². The van der Waals surface area contributed by atoms with E-state index in [0.717, 1.165) is 29.3 Å². The molecular weight excluding hydrogens is 246 g/mol. The van der Waals surface area contributed by atoms with Crippen LogP contribution in [0.5, 0.6) is 0 Å². The molecule has 0 aliphatic heterocycles. The third-order valence-corrected chi connectivity index (χ3v) is 5.26. The van der Waals surface area contributed by atoms with Crippen molar-refractivity contribution in [1.29, 1.82) is 0 Å². The molecule has 1 aromatic rings. The quantitative estimate of drug-likeness (QED) is 0.896. The first-order valence-electron chi connectivity index (χ1n) is 6.74. The summed E-state index contributed by atoms with van der Waals surface area (Å²) in [6.07, 6.45) is 5.60. The van der Waals surface area contributed by atoms with Crippen LogP contribution in [0.2, 0.25) is 5.15 Å². The Kier molecular flexibility index (Phi) is 3.50. The van der Waals surface area contributed by atoms with Crippen molar-refractivity contribution in [2.45, 2.75) is 58.4 Å². The fourth-order valence-electron chi connectivity index (χ4n) is 3.11. The lowest BCUT2D eigenvalue weighted by Crippen LogP contribution is -2.56. The van der Waals surface area contributed by atoms with Gasteiger partial charge >= 0.3 is 0 Å². The van der Waals surface area contributed by atoms with Gasteiger partial charge in [-0.15, -0.1) is 0 Å². The maximum Gasteiger partial charge on any atom is 0.130 e. The van der Waals surface area contributed by atoms with Crippen LogP contribution in [0.4, 0.5) is 0 Å². The minimum absolute atomic E-state index is 0.164. The van der Waals surface area contributed by atoms with Crippen molar-refractivity contribution < 1.29 is 0 Å². The van der Waals surface area contributed by atoms with Gasteiger partial charge < -0.3 is 5.73 Å². The molecule has 2 rings (SSSR count). The highest BCUT2D eigenvalue weighted by molar-refractivity contribution is 6.30. The summed E-state index contributed by atoms with van der Waals surface area (Å²) in [5.74, 6) is 0. The van der Waals surface area contributed by atoms with E-state index in [0.29, 0.717) is 0 Å². The van der Waals surface area contributed by atoms with E-state index >= 15 is 0 Å². The Morgan fingerprint density at radius 1 is 1.33 bits per heavy atom. The van der Waals surface area contributed by atoms with Crippen LogP contribution in [0.15, 0.2) is 0 Å². The number of aromatic nitrogens is 2. The molecule has 0 saturated heterocycles. The molecule has 1 fully saturated rings. The normalized spacial score (nSPS) is 27.4. The molecule has 1 unspecified atom stereocenters. The minimum atomic E-state index is -0.164. The molecule has 1 heterocycles. The van der Waals surface area contributed by atoms with Crippen LogP contribution in [0.1, 0.15) is 50.8 Å². The average molecular weight is 270 g/mol. The molecule has 3 nitrogen and oxygen atoms in total. The van der Waals surface area contributed by atoms with E-state index in [2.05, 4.69) is 18.9 Å². The zero-order valence-corrected chi connectivity index (χ0v) is 12.6. The second-order valence-electron chi connectivity index (χ2n) is 6.40. The lowest BCUT2D eigenvalue weighted by molar-refractivity contribution is 0.0989. The van der Waals surface area contributed by atoms with Crippen molar-refractivity contribution >= 4 is 11.6 Å². The van der Waals surface area contributed by atoms with Crippen molar-refractivity contribution in [2.24, 2.45) is 18.2 Å². The molecule has 18 heavy (non-hydrogen) atoms. The third kappa shape index (κ3) is 2.19. The van der Waals surface area contributed by atoms with E-state index in [1.54, 1.807) is 4.68 Å². The van der Waals surface area contributed by atoms with Crippen molar-refractivity contribution in [3.05, 3.63) is 16.4 Å². The highest BCUT2D eigenvalue weighted by Gasteiger charge is 2.44. The zero-order valence-electron chi connectivity index (χ0n) is 11.9. The van der Waals surface area contributed by atoms with Gasteiger partial charge in [-0.25, -0.2) is 0 Å². The first-order chi connectivity index (χ1) is 8.27. The number of nitrogens with zero attached hydrogens (tertiary/aromatic N) is 2. The highest BCUT2D eigenvalue weighted by atomic mass is 35.5. The maximum atomic E-state index is 6.72. The summed E-state index contributed by atoms with van der Waals surface area (Å²) >= 11 is 6.33. The van der Waals surface area contributed by atoms with Gasteiger partial charge in [-0.2, -0.15) is 5.10 Å². The lowest BCUT2D eigenvalue weighted by Gasteiger charge is -2.48. The van der Waals surface area contributed by atoms with Gasteiger partial charge in [0.1, 0.15) is 5.15 Å². The second kappa shape index (κ2) is 4.53. The van der Waals surface area contributed by atoms with Crippen LogP contribution in [-0.2, 0) is 13.5 Å². The first-order valence-corrected chi connectivity index (χ1v) is 7.11. The molecule has 1 aliphatic carbocycles. The molecule has 1 saturated carbocycles. The Morgan fingerprint density at radius 3 is 2.44 bits per heavy atom. The van der Waals surface area contributed by atoms with Gasteiger partial charge in [0.25, 0.3) is 0 Å². The van der Waals surface area contributed by atoms with Gasteiger partial charge in [0.2, 0.25) is 0 Å². The number of aryl methyl sites for hydroxylation is 2. The van der Waals surface area contributed by atoms with E-state index in [1.807, 2.05) is 14.0 Å². The fourth-order valence-corrected chi connectivity index (χ4v) is 3.35. The summed E-state index contributed by atoms with van der Waals surface area (Å²) < 4.78 is 1.74. The molecule has 2 N–H and O–H groups in total. The van der Waals surface area contributed by atoms with Crippen molar-refractivity contribution in [2.75, 3.05) is 0 Å². The Morgan fingerprint density at radius 2 is 1.94 bits per heavy atom. The van der Waals surface area contributed by atoms with Crippen molar-refractivity contribution in [1.82, 2.24) is 9.78 Å². The van der Waals surface area contributed by atoms with Gasteiger partial charge in [0.15, 0.2) is 0 Å². The van der Waals surface area contributed by atoms with Crippen LogP contribution in [0.3, 0.4) is 0 Å². The summed E-state index contributed by atoms with van der Waals surface area (Å²) in [6.45, 7) is 6.58. The van der Waals surface area contributed by atoms with E-state index in [4.69, 9.17) is 17.3 Å². The van der Waals surface area contributed by atoms with Gasteiger partial charge in [-0.05, 0) is 31.6 Å². The van der Waals surface area contributed by atoms with Crippen LogP contribution in [0.25, 0.3) is 0 Å². The summed E-state index contributed by atoms with van der Waals surface area (Å²) in [6, 6.07) is 0. The van der Waals surface area contributed by atoms with Gasteiger partial charge in [0.05, 0.1) is 5.69 Å². The summed E-state index contributed by atoms with van der Waals surface area (Å²) in [4.78, 5) is 0.